The van der Waals surface area contributed by atoms with Crippen LogP contribution in [-0.4, -0.2) is 16.8 Å². The highest BCUT2D eigenvalue weighted by Crippen LogP contribution is 2.27. The van der Waals surface area contributed by atoms with Gasteiger partial charge in [0.15, 0.2) is 5.54 Å². The predicted molar refractivity (Wildman–Crippen MR) is 58.8 cm³/mol. The largest absolute Gasteiger partial charge is 0.480 e. The number of aliphatic carboxylic acids is 1. The van der Waals surface area contributed by atoms with Crippen LogP contribution in [0.3, 0.4) is 0 Å². The molecule has 1 N–H and O–H groups in total. The number of hydrogen-bond donors (Lipinski definition) is 2. The van der Waals surface area contributed by atoms with E-state index in [0.29, 0.717) is 5.56 Å². The summed E-state index contributed by atoms with van der Waals surface area (Å²) in [7, 11) is 0. The smallest absolute Gasteiger partial charge is 0.321 e. The van der Waals surface area contributed by atoms with Crippen LogP contribution in [0.1, 0.15) is 5.56 Å². The van der Waals surface area contributed by atoms with Crippen molar-refractivity contribution in [1.82, 2.24) is 0 Å². The maximum atomic E-state index is 11.1. The lowest BCUT2D eigenvalue weighted by Gasteiger charge is -2.21. The first-order chi connectivity index (χ1) is 7.17. The Hall–Kier alpha value is -1.65. The normalized spacial score (nSPS) is 13.7. The second-order valence-electron chi connectivity index (χ2n) is 2.88. The van der Waals surface area contributed by atoms with Gasteiger partial charge in [-0.2, -0.15) is 12.6 Å². The van der Waals surface area contributed by atoms with Crippen LogP contribution in [0.2, 0.25) is 0 Å². The van der Waals surface area contributed by atoms with Crippen molar-refractivity contribution < 1.29 is 9.90 Å². The zero-order valence-corrected chi connectivity index (χ0v) is 8.63. The first-order valence-electron chi connectivity index (χ1n) is 4.13. The Bertz CT molecular complexity index is 399. The molecule has 0 heterocycles. The molecule has 0 bridgehead atoms. The molecule has 15 heavy (non-hydrogen) atoms. The number of hydrogen-bond acceptors (Lipinski definition) is 3. The zero-order valence-electron chi connectivity index (χ0n) is 7.74. The van der Waals surface area contributed by atoms with Gasteiger partial charge in [0.25, 0.3) is 0 Å². The van der Waals surface area contributed by atoms with E-state index in [1.54, 1.807) is 30.3 Å². The molecule has 0 saturated heterocycles. The van der Waals surface area contributed by atoms with Gasteiger partial charge in [-0.05, 0) is 11.1 Å². The monoisotopic (exact) mass is 223 g/mol. The number of thiol groups is 1. The number of carbonyl (C=O) groups is 1. The summed E-state index contributed by atoms with van der Waals surface area (Å²) >= 11 is 3.94. The van der Waals surface area contributed by atoms with E-state index >= 15 is 0 Å². The minimum Gasteiger partial charge on any atom is -0.480 e. The van der Waals surface area contributed by atoms with E-state index in [2.05, 4.69) is 22.7 Å². The highest BCUT2D eigenvalue weighted by Gasteiger charge is 2.38. The van der Waals surface area contributed by atoms with Crippen molar-refractivity contribution >= 4 is 18.6 Å². The third kappa shape index (κ3) is 2.06. The van der Waals surface area contributed by atoms with E-state index in [0.717, 1.165) is 0 Å². The number of benzene rings is 1. The quantitative estimate of drug-likeness (QED) is 0.355. The van der Waals surface area contributed by atoms with E-state index < -0.39 is 11.5 Å². The molecule has 0 saturated carbocycles. The molecule has 0 fully saturated rings. The average Bonchev–Trinajstić information content (AvgIpc) is 2.26. The van der Waals surface area contributed by atoms with Gasteiger partial charge in [0.1, 0.15) is 0 Å². The molecule has 6 heteroatoms. The van der Waals surface area contributed by atoms with Crippen molar-refractivity contribution in [3.63, 3.8) is 0 Å². The zero-order chi connectivity index (χ0) is 11.3. The summed E-state index contributed by atoms with van der Waals surface area (Å²) in [6.45, 7) is 0. The fourth-order valence-electron chi connectivity index (χ4n) is 1.20. The van der Waals surface area contributed by atoms with E-state index in [9.17, 15) is 4.79 Å². The summed E-state index contributed by atoms with van der Waals surface area (Å²) in [6, 6.07) is 8.31. The lowest BCUT2D eigenvalue weighted by Crippen LogP contribution is -2.35. The molecular weight excluding hydrogens is 214 g/mol. The summed E-state index contributed by atoms with van der Waals surface area (Å²) in [5.41, 5.74) is 7.20. The highest BCUT2D eigenvalue weighted by atomic mass is 32.1. The Morgan fingerprint density at radius 2 is 2.13 bits per heavy atom. The van der Waals surface area contributed by atoms with E-state index in [1.807, 2.05) is 0 Å². The van der Waals surface area contributed by atoms with Crippen molar-refractivity contribution in [2.45, 2.75) is 5.54 Å². The molecule has 0 amide bonds. The Labute approximate surface area is 91.8 Å². The summed E-state index contributed by atoms with van der Waals surface area (Å²) in [6.07, 6.45) is 0. The standard InChI is InChI=1S/C9H9N3O2S/c10-12-11-9(6-15,8(13)14)7-4-2-1-3-5-7/h1-5,15H,6H2,(H,13,14). The third-order valence-corrected chi connectivity index (χ3v) is 2.51. The van der Waals surface area contributed by atoms with Crippen LogP contribution < -0.4 is 0 Å². The third-order valence-electron chi connectivity index (χ3n) is 2.05. The van der Waals surface area contributed by atoms with Crippen LogP contribution >= 0.6 is 12.6 Å². The van der Waals surface area contributed by atoms with Gasteiger partial charge in [0.05, 0.1) is 0 Å². The van der Waals surface area contributed by atoms with Gasteiger partial charge >= 0.3 is 5.97 Å². The van der Waals surface area contributed by atoms with Gasteiger partial charge in [-0.15, -0.1) is 0 Å². The maximum absolute atomic E-state index is 11.1. The maximum Gasteiger partial charge on any atom is 0.321 e. The second kappa shape index (κ2) is 4.72. The summed E-state index contributed by atoms with van der Waals surface area (Å²) < 4.78 is 0. The Kier molecular flexibility index (Phi) is 3.60. The van der Waals surface area contributed by atoms with Crippen LogP contribution in [-0.2, 0) is 10.3 Å². The van der Waals surface area contributed by atoms with Crippen molar-refractivity contribution in [2.24, 2.45) is 5.11 Å². The Morgan fingerprint density at radius 1 is 1.53 bits per heavy atom. The van der Waals surface area contributed by atoms with Crippen LogP contribution in [0.15, 0.2) is 35.4 Å². The van der Waals surface area contributed by atoms with Gasteiger partial charge in [-0.25, -0.2) is 0 Å². The SMILES string of the molecule is [N-]=[N+]=NC(CS)(C(=O)O)c1ccccc1. The molecule has 0 aliphatic rings. The molecule has 1 aromatic carbocycles. The topological polar surface area (TPSA) is 86.1 Å². The van der Waals surface area contributed by atoms with Gasteiger partial charge in [-0.3, -0.25) is 4.79 Å². The average molecular weight is 223 g/mol. The number of rotatable bonds is 4. The van der Waals surface area contributed by atoms with Crippen molar-refractivity contribution in [1.29, 1.82) is 0 Å². The van der Waals surface area contributed by atoms with Gasteiger partial charge < -0.3 is 5.11 Å². The molecule has 1 unspecified atom stereocenters. The van der Waals surface area contributed by atoms with Gasteiger partial charge in [-0.1, -0.05) is 35.4 Å². The first-order valence-corrected chi connectivity index (χ1v) is 4.76. The predicted octanol–water partition coefficient (Wildman–Crippen LogP) is 2.21. The molecule has 0 aromatic heterocycles. The van der Waals surface area contributed by atoms with Crippen LogP contribution in [0.25, 0.3) is 10.4 Å². The van der Waals surface area contributed by atoms with Gasteiger partial charge in [0, 0.05) is 10.7 Å². The fraction of sp³-hybridized carbons (Fsp3) is 0.222. The van der Waals surface area contributed by atoms with Crippen molar-refractivity contribution in [3.05, 3.63) is 46.3 Å². The molecule has 0 aliphatic heterocycles. The van der Waals surface area contributed by atoms with Crippen molar-refractivity contribution in [3.8, 4) is 0 Å². The molecule has 1 rings (SSSR count). The molecule has 0 radical (unpaired) electrons. The molecule has 1 atom stereocenters. The molecule has 0 spiro atoms. The van der Waals surface area contributed by atoms with Crippen molar-refractivity contribution in [2.75, 3.05) is 5.75 Å². The first kappa shape index (κ1) is 11.4. The summed E-state index contributed by atoms with van der Waals surface area (Å²) in [5, 5.41) is 12.4. The Morgan fingerprint density at radius 3 is 2.53 bits per heavy atom. The summed E-state index contributed by atoms with van der Waals surface area (Å²) in [5.74, 6) is -1.29. The van der Waals surface area contributed by atoms with Crippen LogP contribution in [0.4, 0.5) is 0 Å². The lowest BCUT2D eigenvalue weighted by molar-refractivity contribution is -0.142. The Balaban J connectivity index is 3.34. The fourth-order valence-corrected chi connectivity index (χ4v) is 1.59. The number of carboxylic acid groups (broad SMARTS) is 1. The summed E-state index contributed by atoms with van der Waals surface area (Å²) in [4.78, 5) is 13.7. The van der Waals surface area contributed by atoms with Gasteiger partial charge in [0.2, 0.25) is 0 Å². The van der Waals surface area contributed by atoms with Crippen LogP contribution in [0.5, 0.6) is 0 Å². The number of azide groups is 1. The molecule has 78 valence electrons. The molecule has 5 nitrogen and oxygen atoms in total. The minimum absolute atomic E-state index is 0.0869. The molecule has 0 aliphatic carbocycles. The second-order valence-corrected chi connectivity index (χ2v) is 3.20. The van der Waals surface area contributed by atoms with E-state index in [4.69, 9.17) is 10.6 Å². The number of nitrogens with zero attached hydrogens (tertiary/aromatic N) is 3. The lowest BCUT2D eigenvalue weighted by atomic mass is 9.93. The minimum atomic E-state index is -1.63. The number of carboxylic acids is 1. The molecule has 1 aromatic rings. The van der Waals surface area contributed by atoms with E-state index in [-0.39, 0.29) is 5.75 Å². The van der Waals surface area contributed by atoms with E-state index in [1.165, 1.54) is 0 Å². The molecular formula is C9H9N3O2S. The highest BCUT2D eigenvalue weighted by molar-refractivity contribution is 7.80. The van der Waals surface area contributed by atoms with Crippen LogP contribution in [0, 0.1) is 0 Å².